The molecule has 3 heterocycles. The molecule has 2 aromatic heterocycles. The lowest BCUT2D eigenvalue weighted by Gasteiger charge is -2.31. The molecule has 9 heteroatoms. The summed E-state index contributed by atoms with van der Waals surface area (Å²) in [5, 5.41) is 2.94. The minimum absolute atomic E-state index is 0.191. The van der Waals surface area contributed by atoms with E-state index in [1.54, 1.807) is 24.5 Å². The number of aromatic nitrogens is 2. The molecule has 2 atom stereocenters. The van der Waals surface area contributed by atoms with E-state index in [-0.39, 0.29) is 23.4 Å². The van der Waals surface area contributed by atoms with E-state index in [4.69, 9.17) is 15.1 Å². The Morgan fingerprint density at radius 2 is 1.74 bits per heavy atom. The predicted molar refractivity (Wildman–Crippen MR) is 151 cm³/mol. The second kappa shape index (κ2) is 13.6. The Hall–Kier alpha value is -3.40. The number of carbonyl (C=O) groups is 2. The number of nitrogens with one attached hydrogen (secondary N) is 1. The smallest absolute Gasteiger partial charge is 0.237 e. The highest BCUT2D eigenvalue weighted by molar-refractivity contribution is 6.01. The van der Waals surface area contributed by atoms with Crippen molar-refractivity contribution >= 4 is 11.7 Å². The van der Waals surface area contributed by atoms with Crippen LogP contribution in [0.3, 0.4) is 0 Å². The van der Waals surface area contributed by atoms with Gasteiger partial charge in [0, 0.05) is 50.7 Å². The van der Waals surface area contributed by atoms with E-state index in [0.29, 0.717) is 37.4 Å². The summed E-state index contributed by atoms with van der Waals surface area (Å²) in [5.74, 6) is 0.209. The first kappa shape index (κ1) is 28.6. The van der Waals surface area contributed by atoms with Crippen LogP contribution in [0.1, 0.15) is 48.5 Å². The summed E-state index contributed by atoms with van der Waals surface area (Å²) in [7, 11) is 2.11. The molecular weight excluding hydrogens is 492 g/mol. The predicted octanol–water partition coefficient (Wildman–Crippen LogP) is 3.16. The largest absolute Gasteiger partial charge is 0.433 e. The fourth-order valence-electron chi connectivity index (χ4n) is 4.76. The highest BCUT2D eigenvalue weighted by Gasteiger charge is 2.31. The van der Waals surface area contributed by atoms with Gasteiger partial charge in [-0.25, -0.2) is 4.98 Å². The molecular formula is C30H40N6O3. The van der Waals surface area contributed by atoms with Gasteiger partial charge in [-0.2, -0.15) is 0 Å². The van der Waals surface area contributed by atoms with E-state index < -0.39 is 12.1 Å². The Kier molecular flexibility index (Phi) is 9.97. The van der Waals surface area contributed by atoms with Crippen molar-refractivity contribution in [2.24, 2.45) is 11.7 Å². The molecule has 4 rings (SSSR count). The first-order chi connectivity index (χ1) is 18.8. The Labute approximate surface area is 230 Å². The molecule has 9 nitrogen and oxygen atoms in total. The van der Waals surface area contributed by atoms with Crippen LogP contribution in [0.25, 0.3) is 11.5 Å². The molecule has 1 saturated heterocycles. The molecule has 0 spiro atoms. The number of rotatable bonds is 12. The van der Waals surface area contributed by atoms with Gasteiger partial charge < -0.3 is 20.4 Å². The number of aryl methyl sites for hydroxylation is 1. The highest BCUT2D eigenvalue weighted by Crippen LogP contribution is 2.25. The van der Waals surface area contributed by atoms with E-state index in [1.165, 1.54) is 0 Å². The summed E-state index contributed by atoms with van der Waals surface area (Å²) in [6, 6.07) is 12.1. The SMILES string of the molecule is CC(C)CC(N)C(=O)NC(CCc1ccccc1)C(=O)c1oc(-c2ccncc2)nc1CN1CCN(C)CC1. The number of hydrogen-bond acceptors (Lipinski definition) is 8. The van der Waals surface area contributed by atoms with Crippen LogP contribution in [0.2, 0.25) is 0 Å². The van der Waals surface area contributed by atoms with E-state index >= 15 is 0 Å². The normalized spacial score (nSPS) is 16.2. The maximum absolute atomic E-state index is 14.1. The topological polar surface area (TPSA) is 118 Å². The maximum atomic E-state index is 14.1. The lowest BCUT2D eigenvalue weighted by Crippen LogP contribution is -2.49. The number of carbonyl (C=O) groups excluding carboxylic acids is 2. The van der Waals surface area contributed by atoms with Gasteiger partial charge in [0.25, 0.3) is 0 Å². The molecule has 1 fully saturated rings. The van der Waals surface area contributed by atoms with Crippen molar-refractivity contribution in [1.82, 2.24) is 25.1 Å². The molecule has 39 heavy (non-hydrogen) atoms. The molecule has 0 saturated carbocycles. The van der Waals surface area contributed by atoms with Gasteiger partial charge in [-0.05, 0) is 49.9 Å². The summed E-state index contributed by atoms with van der Waals surface area (Å²) in [4.78, 5) is 40.5. The quantitative estimate of drug-likeness (QED) is 0.342. The molecule has 3 aromatic rings. The van der Waals surface area contributed by atoms with Gasteiger partial charge in [0.1, 0.15) is 5.69 Å². The third-order valence-corrected chi connectivity index (χ3v) is 7.08. The zero-order valence-electron chi connectivity index (χ0n) is 23.2. The zero-order valence-corrected chi connectivity index (χ0v) is 23.2. The van der Waals surface area contributed by atoms with Gasteiger partial charge in [-0.3, -0.25) is 19.5 Å². The van der Waals surface area contributed by atoms with Crippen molar-refractivity contribution in [3.8, 4) is 11.5 Å². The fraction of sp³-hybridized carbons (Fsp3) is 0.467. The lowest BCUT2D eigenvalue weighted by molar-refractivity contribution is -0.123. The Morgan fingerprint density at radius 1 is 1.05 bits per heavy atom. The highest BCUT2D eigenvalue weighted by atomic mass is 16.4. The van der Waals surface area contributed by atoms with Crippen LogP contribution in [0, 0.1) is 5.92 Å². The zero-order chi connectivity index (χ0) is 27.8. The third kappa shape index (κ3) is 8.05. The summed E-state index contributed by atoms with van der Waals surface area (Å²) in [6.45, 7) is 8.18. The van der Waals surface area contributed by atoms with Gasteiger partial charge in [0.2, 0.25) is 17.6 Å². The van der Waals surface area contributed by atoms with Gasteiger partial charge in [-0.15, -0.1) is 0 Å². The fourth-order valence-corrected chi connectivity index (χ4v) is 4.76. The number of nitrogens with two attached hydrogens (primary N) is 1. The number of piperazine rings is 1. The minimum Gasteiger partial charge on any atom is -0.433 e. The summed E-state index contributed by atoms with van der Waals surface area (Å²) < 4.78 is 6.16. The van der Waals surface area contributed by atoms with Crippen molar-refractivity contribution in [1.29, 1.82) is 0 Å². The second-order valence-electron chi connectivity index (χ2n) is 10.8. The Morgan fingerprint density at radius 3 is 2.41 bits per heavy atom. The molecule has 0 bridgehead atoms. The number of Topliss-reactive ketones (excluding diaryl/α,β-unsaturated/α-hetero) is 1. The summed E-state index contributed by atoms with van der Waals surface area (Å²) in [6.07, 6.45) is 4.91. The average molecular weight is 533 g/mol. The van der Waals surface area contributed by atoms with Gasteiger partial charge in [-0.1, -0.05) is 44.2 Å². The van der Waals surface area contributed by atoms with Gasteiger partial charge in [0.15, 0.2) is 5.76 Å². The number of pyridine rings is 1. The number of hydrogen-bond donors (Lipinski definition) is 2. The average Bonchev–Trinajstić information content (AvgIpc) is 3.36. The van der Waals surface area contributed by atoms with Crippen LogP contribution in [-0.4, -0.2) is 76.8 Å². The van der Waals surface area contributed by atoms with Crippen LogP contribution < -0.4 is 11.1 Å². The number of amides is 1. The number of ketones is 1. The Bertz CT molecular complexity index is 1210. The summed E-state index contributed by atoms with van der Waals surface area (Å²) in [5.41, 5.74) is 8.60. The molecule has 0 radical (unpaired) electrons. The number of oxazole rings is 1. The standard InChI is InChI=1S/C30H40N6O3/c1-21(2)19-24(31)29(38)33-25(10-9-22-7-5-4-6-8-22)27(37)28-26(20-36-17-15-35(3)16-18-36)34-30(39-28)23-11-13-32-14-12-23/h4-8,11-14,21,24-25H,9-10,15-20,31H2,1-3H3,(H,33,38). The van der Waals surface area contributed by atoms with E-state index in [0.717, 1.165) is 37.3 Å². The third-order valence-electron chi connectivity index (χ3n) is 7.08. The molecule has 1 amide bonds. The van der Waals surface area contributed by atoms with Crippen molar-refractivity contribution in [2.45, 2.75) is 51.7 Å². The first-order valence-electron chi connectivity index (χ1n) is 13.7. The second-order valence-corrected chi connectivity index (χ2v) is 10.8. The van der Waals surface area contributed by atoms with Crippen molar-refractivity contribution in [3.05, 3.63) is 71.9 Å². The number of likely N-dealkylation sites (N-methyl/N-ethyl adjacent to an activating group) is 1. The van der Waals surface area contributed by atoms with Crippen LogP contribution >= 0.6 is 0 Å². The van der Waals surface area contributed by atoms with Crippen molar-refractivity contribution in [3.63, 3.8) is 0 Å². The molecule has 0 aliphatic carbocycles. The number of nitrogens with zero attached hydrogens (tertiary/aromatic N) is 4. The van der Waals surface area contributed by atoms with Crippen LogP contribution in [0.15, 0.2) is 59.3 Å². The molecule has 208 valence electrons. The molecule has 2 unspecified atom stereocenters. The molecule has 3 N–H and O–H groups in total. The van der Waals surface area contributed by atoms with E-state index in [1.807, 2.05) is 44.2 Å². The van der Waals surface area contributed by atoms with Crippen LogP contribution in [0.4, 0.5) is 0 Å². The monoisotopic (exact) mass is 532 g/mol. The van der Waals surface area contributed by atoms with Crippen molar-refractivity contribution in [2.75, 3.05) is 33.2 Å². The molecule has 1 aliphatic rings. The van der Waals surface area contributed by atoms with Crippen LogP contribution in [-0.2, 0) is 17.8 Å². The van der Waals surface area contributed by atoms with Crippen LogP contribution in [0.5, 0.6) is 0 Å². The Balaban J connectivity index is 1.62. The molecule has 1 aromatic carbocycles. The first-order valence-corrected chi connectivity index (χ1v) is 13.7. The van der Waals surface area contributed by atoms with Gasteiger partial charge >= 0.3 is 0 Å². The summed E-state index contributed by atoms with van der Waals surface area (Å²) >= 11 is 0. The number of benzene rings is 1. The maximum Gasteiger partial charge on any atom is 0.237 e. The van der Waals surface area contributed by atoms with E-state index in [2.05, 4.69) is 27.1 Å². The minimum atomic E-state index is -0.791. The van der Waals surface area contributed by atoms with Crippen molar-refractivity contribution < 1.29 is 14.0 Å². The van der Waals surface area contributed by atoms with E-state index in [9.17, 15) is 9.59 Å². The molecule has 1 aliphatic heterocycles. The lowest BCUT2D eigenvalue weighted by atomic mass is 9.98. The van der Waals surface area contributed by atoms with Gasteiger partial charge in [0.05, 0.1) is 12.1 Å².